The highest BCUT2D eigenvalue weighted by Gasteiger charge is 2.32. The zero-order valence-corrected chi connectivity index (χ0v) is 14.3. The Hall–Kier alpha value is -1.02. The molecule has 0 heterocycles. The third-order valence-corrected chi connectivity index (χ3v) is 4.88. The van der Waals surface area contributed by atoms with Crippen molar-refractivity contribution in [3.63, 3.8) is 0 Å². The molecule has 1 aliphatic rings. The van der Waals surface area contributed by atoms with E-state index in [0.717, 1.165) is 6.54 Å². The fraction of sp³-hybridized carbons (Fsp3) is 0.684. The third-order valence-electron chi connectivity index (χ3n) is 4.88. The average molecular weight is 288 g/mol. The Morgan fingerprint density at radius 1 is 1.05 bits per heavy atom. The van der Waals surface area contributed by atoms with Gasteiger partial charge in [0.15, 0.2) is 0 Å². The Labute approximate surface area is 130 Å². The lowest BCUT2D eigenvalue weighted by atomic mass is 9.73. The second-order valence-corrected chi connectivity index (χ2v) is 7.04. The Balaban J connectivity index is 2.11. The van der Waals surface area contributed by atoms with Crippen LogP contribution in [0.2, 0.25) is 0 Å². The molecule has 0 unspecified atom stereocenters. The van der Waals surface area contributed by atoms with E-state index in [-0.39, 0.29) is 0 Å². The number of anilines is 1. The Morgan fingerprint density at radius 3 is 2.24 bits per heavy atom. The fourth-order valence-corrected chi connectivity index (χ4v) is 3.85. The highest BCUT2D eigenvalue weighted by molar-refractivity contribution is 5.50. The molecule has 1 N–H and O–H groups in total. The number of nitrogens with one attached hydrogen (secondary N) is 1. The monoisotopic (exact) mass is 288 g/mol. The van der Waals surface area contributed by atoms with E-state index in [1.165, 1.54) is 62.0 Å². The highest BCUT2D eigenvalue weighted by atomic mass is 15.1. The Morgan fingerprint density at radius 2 is 1.67 bits per heavy atom. The molecule has 118 valence electrons. The highest BCUT2D eigenvalue weighted by Crippen LogP contribution is 2.37. The number of hydrogen-bond acceptors (Lipinski definition) is 2. The third kappa shape index (κ3) is 4.47. The maximum atomic E-state index is 3.61. The zero-order chi connectivity index (χ0) is 15.3. The van der Waals surface area contributed by atoms with Crippen LogP contribution in [-0.2, 0) is 0 Å². The minimum atomic E-state index is 0.459. The molecule has 0 amide bonds. The number of nitrogens with zero attached hydrogens (tertiary/aromatic N) is 1. The SMILES string of the molecule is CCNCC1(CN(C)c2cc(C)cc(C)c2)CCCCC1. The number of hydrogen-bond donors (Lipinski definition) is 1. The number of benzene rings is 1. The van der Waals surface area contributed by atoms with E-state index in [1.807, 2.05) is 0 Å². The lowest BCUT2D eigenvalue weighted by molar-refractivity contribution is 0.190. The van der Waals surface area contributed by atoms with Crippen LogP contribution in [0, 0.1) is 19.3 Å². The first-order valence-electron chi connectivity index (χ1n) is 8.55. The van der Waals surface area contributed by atoms with E-state index in [1.54, 1.807) is 0 Å². The van der Waals surface area contributed by atoms with Crippen molar-refractivity contribution >= 4 is 5.69 Å². The van der Waals surface area contributed by atoms with Crippen LogP contribution < -0.4 is 10.2 Å². The van der Waals surface area contributed by atoms with Crippen molar-refractivity contribution in [2.24, 2.45) is 5.41 Å². The first-order valence-corrected chi connectivity index (χ1v) is 8.55. The quantitative estimate of drug-likeness (QED) is 0.839. The van der Waals surface area contributed by atoms with Gasteiger partial charge in [-0.2, -0.15) is 0 Å². The maximum Gasteiger partial charge on any atom is 0.0369 e. The zero-order valence-electron chi connectivity index (χ0n) is 14.3. The second kappa shape index (κ2) is 7.31. The molecule has 0 saturated heterocycles. The molecule has 2 heteroatoms. The van der Waals surface area contributed by atoms with Crippen LogP contribution in [0.4, 0.5) is 5.69 Å². The minimum Gasteiger partial charge on any atom is -0.374 e. The summed E-state index contributed by atoms with van der Waals surface area (Å²) in [5.41, 5.74) is 4.55. The standard InChI is InChI=1S/C19H32N2/c1-5-20-14-19(9-7-6-8-10-19)15-21(4)18-12-16(2)11-17(3)13-18/h11-13,20H,5-10,14-15H2,1-4H3. The van der Waals surface area contributed by atoms with Crippen LogP contribution in [0.3, 0.4) is 0 Å². The van der Waals surface area contributed by atoms with Gasteiger partial charge in [-0.15, -0.1) is 0 Å². The lowest BCUT2D eigenvalue weighted by Gasteiger charge is -2.41. The Kier molecular flexibility index (Phi) is 5.69. The summed E-state index contributed by atoms with van der Waals surface area (Å²) in [7, 11) is 2.26. The first kappa shape index (κ1) is 16.4. The summed E-state index contributed by atoms with van der Waals surface area (Å²) in [6, 6.07) is 6.89. The van der Waals surface area contributed by atoms with Gasteiger partial charge in [0.1, 0.15) is 0 Å². The largest absolute Gasteiger partial charge is 0.374 e. The van der Waals surface area contributed by atoms with Crippen molar-refractivity contribution in [1.29, 1.82) is 0 Å². The van der Waals surface area contributed by atoms with Gasteiger partial charge in [0.25, 0.3) is 0 Å². The second-order valence-electron chi connectivity index (χ2n) is 7.04. The van der Waals surface area contributed by atoms with Gasteiger partial charge in [0.2, 0.25) is 0 Å². The molecule has 0 spiro atoms. The first-order chi connectivity index (χ1) is 10.0. The summed E-state index contributed by atoms with van der Waals surface area (Å²) in [4.78, 5) is 2.47. The smallest absolute Gasteiger partial charge is 0.0369 e. The molecule has 21 heavy (non-hydrogen) atoms. The fourth-order valence-electron chi connectivity index (χ4n) is 3.85. The minimum absolute atomic E-state index is 0.459. The van der Waals surface area contributed by atoms with Crippen molar-refractivity contribution in [3.05, 3.63) is 29.3 Å². The molecule has 1 aromatic rings. The van der Waals surface area contributed by atoms with Gasteiger partial charge in [0.05, 0.1) is 0 Å². The van der Waals surface area contributed by atoms with Gasteiger partial charge in [0, 0.05) is 31.2 Å². The molecule has 0 bridgehead atoms. The van der Waals surface area contributed by atoms with E-state index in [0.29, 0.717) is 5.41 Å². The van der Waals surface area contributed by atoms with Crippen molar-refractivity contribution < 1.29 is 0 Å². The summed E-state index contributed by atoms with van der Waals surface area (Å²) in [5, 5.41) is 3.61. The topological polar surface area (TPSA) is 15.3 Å². The van der Waals surface area contributed by atoms with Crippen molar-refractivity contribution in [1.82, 2.24) is 5.32 Å². The van der Waals surface area contributed by atoms with Crippen LogP contribution >= 0.6 is 0 Å². The van der Waals surface area contributed by atoms with Crippen molar-refractivity contribution in [2.75, 3.05) is 31.6 Å². The van der Waals surface area contributed by atoms with E-state index >= 15 is 0 Å². The van der Waals surface area contributed by atoms with Crippen molar-refractivity contribution in [3.8, 4) is 0 Å². The molecule has 2 rings (SSSR count). The normalized spacial score (nSPS) is 17.7. The van der Waals surface area contributed by atoms with Gasteiger partial charge in [-0.25, -0.2) is 0 Å². The van der Waals surface area contributed by atoms with Gasteiger partial charge < -0.3 is 10.2 Å². The predicted molar refractivity (Wildman–Crippen MR) is 93.2 cm³/mol. The summed E-state index contributed by atoms with van der Waals surface area (Å²) < 4.78 is 0. The molecule has 0 aliphatic heterocycles. The molecule has 1 aromatic carbocycles. The maximum absolute atomic E-state index is 3.61. The molecule has 0 aromatic heterocycles. The number of rotatable bonds is 6. The molecule has 1 aliphatic carbocycles. The molecular weight excluding hydrogens is 256 g/mol. The summed E-state index contributed by atoms with van der Waals surface area (Å²) in [6.45, 7) is 10.0. The summed E-state index contributed by atoms with van der Waals surface area (Å²) in [5.74, 6) is 0. The average Bonchev–Trinajstić information content (AvgIpc) is 2.45. The summed E-state index contributed by atoms with van der Waals surface area (Å²) in [6.07, 6.45) is 6.95. The molecule has 1 fully saturated rings. The predicted octanol–water partition coefficient (Wildman–Crippen LogP) is 4.30. The van der Waals surface area contributed by atoms with Crippen molar-refractivity contribution in [2.45, 2.75) is 52.9 Å². The van der Waals surface area contributed by atoms with Crippen LogP contribution in [0.15, 0.2) is 18.2 Å². The van der Waals surface area contributed by atoms with E-state index in [9.17, 15) is 0 Å². The van der Waals surface area contributed by atoms with E-state index in [4.69, 9.17) is 0 Å². The van der Waals surface area contributed by atoms with Crippen LogP contribution in [0.5, 0.6) is 0 Å². The van der Waals surface area contributed by atoms with Gasteiger partial charge in [-0.1, -0.05) is 32.3 Å². The van der Waals surface area contributed by atoms with Crippen LogP contribution in [-0.4, -0.2) is 26.7 Å². The molecule has 0 radical (unpaired) electrons. The number of aryl methyl sites for hydroxylation is 2. The van der Waals surface area contributed by atoms with Gasteiger partial charge >= 0.3 is 0 Å². The van der Waals surface area contributed by atoms with Gasteiger partial charge in [-0.3, -0.25) is 0 Å². The molecular formula is C19H32N2. The van der Waals surface area contributed by atoms with E-state index < -0.39 is 0 Å². The molecule has 1 saturated carbocycles. The Bertz CT molecular complexity index is 427. The van der Waals surface area contributed by atoms with Gasteiger partial charge in [-0.05, 0) is 56.5 Å². The molecule has 0 atom stereocenters. The van der Waals surface area contributed by atoms with E-state index in [2.05, 4.69) is 56.2 Å². The molecule has 2 nitrogen and oxygen atoms in total. The summed E-state index contributed by atoms with van der Waals surface area (Å²) >= 11 is 0. The lowest BCUT2D eigenvalue weighted by Crippen LogP contribution is -2.44. The van der Waals surface area contributed by atoms with Crippen LogP contribution in [0.1, 0.15) is 50.2 Å². The van der Waals surface area contributed by atoms with Crippen LogP contribution in [0.25, 0.3) is 0 Å².